The fourth-order valence-electron chi connectivity index (χ4n) is 5.82. The predicted octanol–water partition coefficient (Wildman–Crippen LogP) is 10.2. The number of hydrogen-bond donors (Lipinski definition) is 0. The Balaban J connectivity index is 0.000000273. The molecule has 0 bridgehead atoms. The van der Waals surface area contributed by atoms with Crippen LogP contribution in [0.15, 0.2) is 72.9 Å². The van der Waals surface area contributed by atoms with Gasteiger partial charge in [0.2, 0.25) is 0 Å². The smallest absolute Gasteiger partial charge is 0.356 e. The summed E-state index contributed by atoms with van der Waals surface area (Å²) in [5.41, 5.74) is 5.54. The number of aryl methyl sites for hydroxylation is 2. The molecule has 2 aliphatic rings. The van der Waals surface area contributed by atoms with Crippen molar-refractivity contribution in [3.63, 3.8) is 0 Å². The molecule has 2 aliphatic carbocycles. The first kappa shape index (κ1) is 44.0. The summed E-state index contributed by atoms with van der Waals surface area (Å²) in [6.07, 6.45) is 20.0. The second-order valence-electron chi connectivity index (χ2n) is 14.5. The predicted molar refractivity (Wildman–Crippen MR) is 206 cm³/mol. The van der Waals surface area contributed by atoms with Crippen LogP contribution in [0.2, 0.25) is 39.3 Å². The van der Waals surface area contributed by atoms with E-state index < -0.39 is 39.4 Å². The Morgan fingerprint density at radius 3 is 1.16 bits per heavy atom. The first-order valence-electron chi connectivity index (χ1n) is 16.9. The van der Waals surface area contributed by atoms with Gasteiger partial charge in [-0.05, 0) is 50.2 Å². The summed E-state index contributed by atoms with van der Waals surface area (Å²) in [5, 5.41) is 2.78. The van der Waals surface area contributed by atoms with Crippen molar-refractivity contribution in [2.75, 3.05) is 0 Å². The average molecular weight is 763 g/mol. The summed E-state index contributed by atoms with van der Waals surface area (Å²) in [6.45, 7) is 22.8. The first-order chi connectivity index (χ1) is 23.4. The van der Waals surface area contributed by atoms with Crippen LogP contribution in [0.4, 0.5) is 17.6 Å². The standard InChI is InChI=1S/2C16H20F2NSi.2C5H5.Ti/c2*1-11-8-16(20(3,4)5)12(2)19(11)10-13-6-7-14(17)9-15(13)18;2*1-2-4-5-3-1;/h2*6-8H,10H2,1-5H3;2*1-3H,4H2;/q4*-1;+4. The van der Waals surface area contributed by atoms with Gasteiger partial charge in [0.25, 0.3) is 0 Å². The number of halogens is 4. The molecule has 2 aromatic carbocycles. The van der Waals surface area contributed by atoms with E-state index in [-0.39, 0.29) is 21.7 Å². The van der Waals surface area contributed by atoms with Crippen molar-refractivity contribution in [3.05, 3.63) is 154 Å². The maximum absolute atomic E-state index is 13.7. The van der Waals surface area contributed by atoms with Crippen molar-refractivity contribution in [1.29, 1.82) is 0 Å². The molecule has 2 nitrogen and oxygen atoms in total. The molecule has 4 aromatic rings. The SMILES string of the molecule is Cc1cc([Si](C)(C)C)c(C)n1Cc1ccc(F)[c-]c1F.Cc1cc([Si](C)(C)C)c(C)n1Cc1ccc(F)[c-]c1F.[C-]1=CC=CC1.[C-]1=CC=CC1.[Ti+4]. The van der Waals surface area contributed by atoms with Crippen molar-refractivity contribution in [2.24, 2.45) is 0 Å². The van der Waals surface area contributed by atoms with Gasteiger partial charge in [0, 0.05) is 59.1 Å². The van der Waals surface area contributed by atoms with Crippen molar-refractivity contribution in [1.82, 2.24) is 9.13 Å². The molecule has 268 valence electrons. The van der Waals surface area contributed by atoms with Crippen LogP contribution in [-0.4, -0.2) is 25.3 Å². The molecule has 0 amide bonds. The number of hydrogen-bond acceptors (Lipinski definition) is 0. The van der Waals surface area contributed by atoms with Gasteiger partial charge in [0.1, 0.15) is 0 Å². The van der Waals surface area contributed by atoms with E-state index in [1.54, 1.807) is 0 Å². The minimum Gasteiger partial charge on any atom is -0.356 e. The van der Waals surface area contributed by atoms with Crippen LogP contribution in [0.1, 0.15) is 46.7 Å². The third-order valence-corrected chi connectivity index (χ3v) is 12.7. The van der Waals surface area contributed by atoms with E-state index in [0.717, 1.165) is 24.2 Å². The number of rotatable bonds is 6. The Kier molecular flexibility index (Phi) is 16.9. The molecule has 0 spiro atoms. The van der Waals surface area contributed by atoms with Gasteiger partial charge in [0.15, 0.2) is 0 Å². The summed E-state index contributed by atoms with van der Waals surface area (Å²) in [4.78, 5) is 0. The van der Waals surface area contributed by atoms with E-state index >= 15 is 0 Å². The maximum Gasteiger partial charge on any atom is 4.00 e. The van der Waals surface area contributed by atoms with Crippen molar-refractivity contribution in [3.8, 4) is 0 Å². The molecule has 0 atom stereocenters. The molecule has 51 heavy (non-hydrogen) atoms. The quantitative estimate of drug-likeness (QED) is 0.105. The van der Waals surface area contributed by atoms with E-state index in [9.17, 15) is 17.6 Å². The Bertz CT molecular complexity index is 1710. The fraction of sp³-hybridized carbons (Fsp3) is 0.333. The van der Waals surface area contributed by atoms with Gasteiger partial charge in [-0.1, -0.05) is 39.3 Å². The summed E-state index contributed by atoms with van der Waals surface area (Å²) in [6, 6.07) is 14.1. The molecule has 0 radical (unpaired) electrons. The molecule has 6 rings (SSSR count). The normalized spacial score (nSPS) is 12.8. The van der Waals surface area contributed by atoms with Crippen LogP contribution in [0.25, 0.3) is 0 Å². The third-order valence-electron chi connectivity index (χ3n) is 8.48. The zero-order valence-corrected chi connectivity index (χ0v) is 35.2. The van der Waals surface area contributed by atoms with E-state index in [2.05, 4.69) is 111 Å². The maximum atomic E-state index is 13.7. The average Bonchev–Trinajstić information content (AvgIpc) is 3.85. The summed E-state index contributed by atoms with van der Waals surface area (Å²) >= 11 is 0. The van der Waals surface area contributed by atoms with Crippen LogP contribution in [-0.2, 0) is 34.8 Å². The van der Waals surface area contributed by atoms with Crippen LogP contribution < -0.4 is 10.4 Å². The van der Waals surface area contributed by atoms with Gasteiger partial charge >= 0.3 is 21.7 Å². The van der Waals surface area contributed by atoms with Crippen LogP contribution in [0, 0.1) is 75.2 Å². The number of aromatic nitrogens is 2. The molecule has 0 N–H and O–H groups in total. The fourth-order valence-corrected chi connectivity index (χ4v) is 9.54. The topological polar surface area (TPSA) is 9.86 Å². The minimum atomic E-state index is -1.41. The summed E-state index contributed by atoms with van der Waals surface area (Å²) in [5.74, 6) is -2.52. The zero-order chi connectivity index (χ0) is 37.2. The number of benzene rings is 2. The van der Waals surface area contributed by atoms with E-state index in [1.165, 1.54) is 46.0 Å². The van der Waals surface area contributed by atoms with Gasteiger partial charge < -0.3 is 9.13 Å². The Labute approximate surface area is 320 Å². The molecule has 0 aliphatic heterocycles. The number of allylic oxidation sites excluding steroid dienone is 8. The largest absolute Gasteiger partial charge is 4.00 e. The monoisotopic (exact) mass is 762 g/mol. The van der Waals surface area contributed by atoms with Crippen LogP contribution >= 0.6 is 0 Å². The second kappa shape index (κ2) is 19.6. The van der Waals surface area contributed by atoms with Crippen molar-refractivity contribution < 1.29 is 39.3 Å². The van der Waals surface area contributed by atoms with Crippen LogP contribution in [0.5, 0.6) is 0 Å². The molecule has 0 unspecified atom stereocenters. The first-order valence-corrected chi connectivity index (χ1v) is 23.9. The Morgan fingerprint density at radius 2 is 0.941 bits per heavy atom. The molecule has 2 aromatic heterocycles. The molecular weight excluding hydrogens is 713 g/mol. The van der Waals surface area contributed by atoms with E-state index in [1.807, 2.05) is 38.2 Å². The molecule has 0 saturated carbocycles. The van der Waals surface area contributed by atoms with Gasteiger partial charge in [-0.25, -0.2) is 41.9 Å². The molecule has 0 saturated heterocycles. The van der Waals surface area contributed by atoms with Crippen LogP contribution in [0.3, 0.4) is 0 Å². The summed E-state index contributed by atoms with van der Waals surface area (Å²) < 4.78 is 57.5. The molecule has 0 fully saturated rings. The Morgan fingerprint density at radius 1 is 0.588 bits per heavy atom. The third kappa shape index (κ3) is 13.1. The Hall–Kier alpha value is -3.17. The van der Waals surface area contributed by atoms with Crippen molar-refractivity contribution >= 4 is 26.5 Å². The molecule has 2 heterocycles. The second-order valence-corrected chi connectivity index (χ2v) is 24.6. The van der Waals surface area contributed by atoms with Gasteiger partial charge in [-0.3, -0.25) is 12.2 Å². The van der Waals surface area contributed by atoms with Gasteiger partial charge in [0.05, 0.1) is 16.1 Å². The zero-order valence-electron chi connectivity index (χ0n) is 31.7. The summed E-state index contributed by atoms with van der Waals surface area (Å²) in [7, 11) is -2.82. The number of nitrogens with zero attached hydrogens (tertiary/aromatic N) is 2. The van der Waals surface area contributed by atoms with E-state index in [0.29, 0.717) is 24.2 Å². The molecule has 9 heteroatoms. The van der Waals surface area contributed by atoms with Gasteiger partial charge in [-0.15, -0.1) is 48.2 Å². The van der Waals surface area contributed by atoms with Gasteiger partial charge in [-0.2, -0.15) is 24.3 Å². The molecular formula is C42H50F4N2Si2Ti. The van der Waals surface area contributed by atoms with E-state index in [4.69, 9.17) is 0 Å². The van der Waals surface area contributed by atoms with Crippen molar-refractivity contribution in [2.45, 2.75) is 92.9 Å². The minimum absolute atomic E-state index is 0.